The van der Waals surface area contributed by atoms with Crippen molar-refractivity contribution in [3.05, 3.63) is 57.6 Å². The Morgan fingerprint density at radius 1 is 1.11 bits per heavy atom. The van der Waals surface area contributed by atoms with Crippen molar-refractivity contribution >= 4 is 45.1 Å². The van der Waals surface area contributed by atoms with Crippen LogP contribution in [0.3, 0.4) is 0 Å². The molecule has 0 saturated heterocycles. The smallest absolute Gasteiger partial charge is 0.276 e. The van der Waals surface area contributed by atoms with Crippen LogP contribution in [-0.4, -0.2) is 30.6 Å². The molecule has 3 N–H and O–H groups in total. The first-order valence-corrected chi connectivity index (χ1v) is 9.44. The highest BCUT2D eigenvalue weighted by molar-refractivity contribution is 9.10. The van der Waals surface area contributed by atoms with Gasteiger partial charge in [-0.2, -0.15) is 0 Å². The molecule has 0 aliphatic rings. The Bertz CT molecular complexity index is 905. The van der Waals surface area contributed by atoms with Crippen LogP contribution >= 0.6 is 28.1 Å². The lowest BCUT2D eigenvalue weighted by Gasteiger charge is -2.13. The van der Waals surface area contributed by atoms with E-state index >= 15 is 0 Å². The van der Waals surface area contributed by atoms with Gasteiger partial charge in [-0.3, -0.25) is 25.8 Å². The van der Waals surface area contributed by atoms with Crippen molar-refractivity contribution in [2.45, 2.75) is 13.8 Å². The SMILES string of the molecule is COc1ccc(Br)cc1C(=O)NC(=S)NNC(=O)COc1cccc(C)c1C. The lowest BCUT2D eigenvalue weighted by Crippen LogP contribution is -2.49. The number of methoxy groups -OCH3 is 1. The molecule has 0 aromatic heterocycles. The summed E-state index contributed by atoms with van der Waals surface area (Å²) in [6, 6.07) is 10.6. The first-order chi connectivity index (χ1) is 13.3. The van der Waals surface area contributed by atoms with Gasteiger partial charge in [-0.25, -0.2) is 0 Å². The van der Waals surface area contributed by atoms with Crippen molar-refractivity contribution < 1.29 is 19.1 Å². The highest BCUT2D eigenvalue weighted by atomic mass is 79.9. The minimum atomic E-state index is -0.475. The van der Waals surface area contributed by atoms with E-state index < -0.39 is 11.8 Å². The number of rotatable bonds is 5. The maximum atomic E-state index is 12.3. The minimum Gasteiger partial charge on any atom is -0.496 e. The number of benzene rings is 2. The standard InChI is InChI=1S/C19H20BrN3O4S/c1-11-5-4-6-15(12(11)2)27-10-17(24)22-23-19(28)21-18(25)14-9-13(20)7-8-16(14)26-3/h4-9H,10H2,1-3H3,(H,22,24)(H2,21,23,25,28). The number of halogens is 1. The van der Waals surface area contributed by atoms with Gasteiger partial charge < -0.3 is 9.47 Å². The lowest BCUT2D eigenvalue weighted by atomic mass is 10.1. The monoisotopic (exact) mass is 465 g/mol. The molecule has 0 heterocycles. The molecule has 2 aromatic carbocycles. The van der Waals surface area contributed by atoms with E-state index in [9.17, 15) is 9.59 Å². The number of thiocarbonyl (C=S) groups is 1. The summed E-state index contributed by atoms with van der Waals surface area (Å²) in [5.74, 6) is 0.108. The van der Waals surface area contributed by atoms with E-state index in [2.05, 4.69) is 32.1 Å². The third kappa shape index (κ3) is 5.93. The summed E-state index contributed by atoms with van der Waals surface area (Å²) in [6.07, 6.45) is 0. The van der Waals surface area contributed by atoms with Gasteiger partial charge in [0, 0.05) is 4.47 Å². The summed E-state index contributed by atoms with van der Waals surface area (Å²) < 4.78 is 11.4. The van der Waals surface area contributed by atoms with E-state index in [1.54, 1.807) is 24.3 Å². The molecule has 2 aromatic rings. The number of hydrogen-bond donors (Lipinski definition) is 3. The molecule has 2 amide bonds. The predicted molar refractivity (Wildman–Crippen MR) is 113 cm³/mol. The van der Waals surface area contributed by atoms with Crippen molar-refractivity contribution in [3.8, 4) is 11.5 Å². The number of hydrogen-bond acceptors (Lipinski definition) is 5. The first-order valence-electron chi connectivity index (χ1n) is 8.24. The van der Waals surface area contributed by atoms with Crippen LogP contribution in [0, 0.1) is 13.8 Å². The molecule has 0 aliphatic heterocycles. The average Bonchev–Trinajstić information content (AvgIpc) is 2.67. The van der Waals surface area contributed by atoms with E-state index in [1.807, 2.05) is 26.0 Å². The number of carbonyl (C=O) groups is 2. The van der Waals surface area contributed by atoms with Crippen molar-refractivity contribution in [1.29, 1.82) is 0 Å². The second-order valence-electron chi connectivity index (χ2n) is 5.79. The van der Waals surface area contributed by atoms with Crippen molar-refractivity contribution in [1.82, 2.24) is 16.2 Å². The number of carbonyl (C=O) groups excluding carboxylic acids is 2. The van der Waals surface area contributed by atoms with Gasteiger partial charge in [0.05, 0.1) is 12.7 Å². The Labute approximate surface area is 176 Å². The van der Waals surface area contributed by atoms with Crippen molar-refractivity contribution in [2.24, 2.45) is 0 Å². The molecule has 0 saturated carbocycles. The van der Waals surface area contributed by atoms with Crippen LogP contribution in [0.5, 0.6) is 11.5 Å². The molecule has 0 radical (unpaired) electrons. The van der Waals surface area contributed by atoms with E-state index in [1.165, 1.54) is 7.11 Å². The highest BCUT2D eigenvalue weighted by Gasteiger charge is 2.14. The van der Waals surface area contributed by atoms with Gasteiger partial charge in [0.1, 0.15) is 11.5 Å². The van der Waals surface area contributed by atoms with Gasteiger partial charge in [-0.15, -0.1) is 0 Å². The van der Waals surface area contributed by atoms with E-state index in [0.29, 0.717) is 21.5 Å². The highest BCUT2D eigenvalue weighted by Crippen LogP contribution is 2.23. The first kappa shape index (κ1) is 21.6. The minimum absolute atomic E-state index is 0.0629. The third-order valence-corrected chi connectivity index (χ3v) is 4.56. The van der Waals surface area contributed by atoms with E-state index in [0.717, 1.165) is 11.1 Å². The summed E-state index contributed by atoms with van der Waals surface area (Å²) >= 11 is 8.33. The van der Waals surface area contributed by atoms with Crippen LogP contribution in [0.25, 0.3) is 0 Å². The fraction of sp³-hybridized carbons (Fsp3) is 0.211. The summed E-state index contributed by atoms with van der Waals surface area (Å²) in [6.45, 7) is 3.68. The molecular formula is C19H20BrN3O4S. The zero-order valence-electron chi connectivity index (χ0n) is 15.6. The zero-order chi connectivity index (χ0) is 20.7. The second-order valence-corrected chi connectivity index (χ2v) is 7.11. The molecule has 0 aliphatic carbocycles. The van der Waals surface area contributed by atoms with Gasteiger partial charge in [0.15, 0.2) is 11.7 Å². The van der Waals surface area contributed by atoms with Crippen LogP contribution in [0.4, 0.5) is 0 Å². The van der Waals surface area contributed by atoms with Crippen molar-refractivity contribution in [3.63, 3.8) is 0 Å². The fourth-order valence-electron chi connectivity index (χ4n) is 2.25. The number of hydrazine groups is 1. The van der Waals surface area contributed by atoms with Crippen LogP contribution in [-0.2, 0) is 4.79 Å². The van der Waals surface area contributed by atoms with Crippen molar-refractivity contribution in [2.75, 3.05) is 13.7 Å². The Morgan fingerprint density at radius 2 is 1.86 bits per heavy atom. The molecule has 0 spiro atoms. The molecular weight excluding hydrogens is 446 g/mol. The van der Waals surface area contributed by atoms with Gasteiger partial charge in [-0.1, -0.05) is 28.1 Å². The fourth-order valence-corrected chi connectivity index (χ4v) is 2.75. The zero-order valence-corrected chi connectivity index (χ0v) is 18.0. The molecule has 28 heavy (non-hydrogen) atoms. The van der Waals surface area contributed by atoms with E-state index in [-0.39, 0.29) is 11.7 Å². The molecule has 9 heteroatoms. The molecule has 0 fully saturated rings. The largest absolute Gasteiger partial charge is 0.496 e. The van der Waals surface area contributed by atoms with Crippen LogP contribution in [0.15, 0.2) is 40.9 Å². The number of nitrogens with one attached hydrogen (secondary N) is 3. The number of ether oxygens (including phenoxy) is 2. The molecule has 0 unspecified atom stereocenters. The molecule has 7 nitrogen and oxygen atoms in total. The van der Waals surface area contributed by atoms with Gasteiger partial charge in [0.25, 0.3) is 11.8 Å². The summed E-state index contributed by atoms with van der Waals surface area (Å²) in [4.78, 5) is 24.3. The quantitative estimate of drug-likeness (QED) is 0.464. The second kappa shape index (κ2) is 10.0. The Balaban J connectivity index is 1.83. The molecule has 0 atom stereocenters. The maximum absolute atomic E-state index is 12.3. The normalized spacial score (nSPS) is 10.0. The Kier molecular flexibility index (Phi) is 7.77. The average molecular weight is 466 g/mol. The van der Waals surface area contributed by atoms with Gasteiger partial charge in [0.2, 0.25) is 0 Å². The van der Waals surface area contributed by atoms with Crippen LogP contribution < -0.4 is 25.6 Å². The number of amides is 2. The summed E-state index contributed by atoms with van der Waals surface area (Å²) in [7, 11) is 1.47. The maximum Gasteiger partial charge on any atom is 0.276 e. The van der Waals surface area contributed by atoms with Crippen LogP contribution in [0.2, 0.25) is 0 Å². The van der Waals surface area contributed by atoms with Gasteiger partial charge in [-0.05, 0) is 61.5 Å². The predicted octanol–water partition coefficient (Wildman–Crippen LogP) is 2.79. The summed E-state index contributed by atoms with van der Waals surface area (Å²) in [5.41, 5.74) is 7.17. The molecule has 2 rings (SSSR count). The Morgan fingerprint density at radius 3 is 2.57 bits per heavy atom. The van der Waals surface area contributed by atoms with E-state index in [4.69, 9.17) is 21.7 Å². The molecule has 148 valence electrons. The topological polar surface area (TPSA) is 88.7 Å². The Hall–Kier alpha value is -2.65. The number of aryl methyl sites for hydroxylation is 1. The summed E-state index contributed by atoms with van der Waals surface area (Å²) in [5, 5.41) is 2.41. The molecule has 0 bridgehead atoms. The van der Waals surface area contributed by atoms with Crippen LogP contribution in [0.1, 0.15) is 21.5 Å². The van der Waals surface area contributed by atoms with Gasteiger partial charge >= 0.3 is 0 Å². The lowest BCUT2D eigenvalue weighted by molar-refractivity contribution is -0.123. The third-order valence-electron chi connectivity index (χ3n) is 3.86.